The molecule has 1 saturated carbocycles. The topological polar surface area (TPSA) is 81.1 Å². The third kappa shape index (κ3) is 3.82. The van der Waals surface area contributed by atoms with E-state index in [9.17, 15) is 9.90 Å². The molecule has 2 aliphatic rings. The first kappa shape index (κ1) is 22.4. The molecular weight excluding hydrogens is 422 g/mol. The van der Waals surface area contributed by atoms with Crippen LogP contribution in [0.15, 0.2) is 54.6 Å². The Balaban J connectivity index is 1.56. The number of hydrogen-bond donors (Lipinski definition) is 2. The van der Waals surface area contributed by atoms with E-state index >= 15 is 0 Å². The molecule has 0 amide bonds. The fraction of sp³-hybridized carbons (Fsp3) is 0.379. The van der Waals surface area contributed by atoms with E-state index < -0.39 is 5.60 Å². The van der Waals surface area contributed by atoms with E-state index in [0.29, 0.717) is 30.1 Å². The fourth-order valence-electron chi connectivity index (χ4n) is 6.28. The molecule has 5 rings (SSSR count). The zero-order valence-electron chi connectivity index (χ0n) is 19.8. The monoisotopic (exact) mass is 453 g/mol. The molecule has 0 bridgehead atoms. The Morgan fingerprint density at radius 3 is 2.71 bits per heavy atom. The summed E-state index contributed by atoms with van der Waals surface area (Å²) in [4.78, 5) is 13.2. The lowest BCUT2D eigenvalue weighted by molar-refractivity contribution is -0.00801. The first-order chi connectivity index (χ1) is 16.3. The third-order valence-corrected chi connectivity index (χ3v) is 7.82. The van der Waals surface area contributed by atoms with E-state index in [4.69, 9.17) is 5.73 Å². The van der Waals surface area contributed by atoms with Crippen molar-refractivity contribution in [1.82, 2.24) is 9.78 Å². The average Bonchev–Trinajstić information content (AvgIpc) is 3.17. The molecule has 0 spiro atoms. The lowest BCUT2D eigenvalue weighted by Gasteiger charge is -2.52. The summed E-state index contributed by atoms with van der Waals surface area (Å²) in [6.07, 6.45) is 4.98. The maximum atomic E-state index is 13.2. The smallest absolute Gasteiger partial charge is 0.278 e. The fourth-order valence-corrected chi connectivity index (χ4v) is 6.28. The summed E-state index contributed by atoms with van der Waals surface area (Å²) in [7, 11) is 0. The molecule has 0 radical (unpaired) electrons. The van der Waals surface area contributed by atoms with Gasteiger partial charge in [0.15, 0.2) is 0 Å². The maximum absolute atomic E-state index is 13.2. The number of fused-ring (bicyclic) bond motifs is 3. The number of rotatable bonds is 3. The van der Waals surface area contributed by atoms with Crippen molar-refractivity contribution in [2.75, 3.05) is 5.73 Å². The second-order valence-corrected chi connectivity index (χ2v) is 9.96. The standard InChI is InChI=1S/C29H31N3O2/c1-3-13-28(34)14-15-29(18-21-7-5-4-6-8-21)24(19-28)11-9-22-17-23(10-12-25(22)29)27(33)32-20(2)16-26(30)31-32/h4-8,10,12,16-17,24,34H,9,11,14-15,18-19H2,1-2H3,(H2,30,31). The van der Waals surface area contributed by atoms with Crippen LogP contribution in [0.2, 0.25) is 0 Å². The largest absolute Gasteiger partial charge is 0.382 e. The SMILES string of the molecule is CC#CC1(O)CCC2(Cc3ccccc3)c3ccc(C(=O)n4nc(N)cc4C)cc3CCC2C1. The lowest BCUT2D eigenvalue weighted by Crippen LogP contribution is -2.50. The van der Waals surface area contributed by atoms with Gasteiger partial charge in [0, 0.05) is 22.7 Å². The molecule has 3 aromatic rings. The van der Waals surface area contributed by atoms with E-state index in [1.807, 2.05) is 25.1 Å². The van der Waals surface area contributed by atoms with Crippen LogP contribution in [-0.4, -0.2) is 26.4 Å². The van der Waals surface area contributed by atoms with Crippen molar-refractivity contribution in [3.8, 4) is 11.8 Å². The van der Waals surface area contributed by atoms with Crippen LogP contribution in [0.4, 0.5) is 5.82 Å². The molecule has 3 atom stereocenters. The van der Waals surface area contributed by atoms with Gasteiger partial charge in [-0.25, -0.2) is 0 Å². The molecule has 3 unspecified atom stereocenters. The van der Waals surface area contributed by atoms with Gasteiger partial charge in [-0.1, -0.05) is 42.3 Å². The van der Waals surface area contributed by atoms with Crippen molar-refractivity contribution in [2.24, 2.45) is 5.92 Å². The summed E-state index contributed by atoms with van der Waals surface area (Å²) in [6, 6.07) is 18.4. The van der Waals surface area contributed by atoms with Crippen molar-refractivity contribution < 1.29 is 9.90 Å². The summed E-state index contributed by atoms with van der Waals surface area (Å²) in [5.74, 6) is 6.55. The van der Waals surface area contributed by atoms with Gasteiger partial charge in [-0.15, -0.1) is 11.0 Å². The molecule has 5 nitrogen and oxygen atoms in total. The van der Waals surface area contributed by atoms with Crippen LogP contribution in [0, 0.1) is 24.7 Å². The molecule has 34 heavy (non-hydrogen) atoms. The predicted octanol–water partition coefficient (Wildman–Crippen LogP) is 4.44. The molecule has 0 saturated heterocycles. The molecule has 174 valence electrons. The van der Waals surface area contributed by atoms with E-state index in [-0.39, 0.29) is 11.3 Å². The first-order valence-electron chi connectivity index (χ1n) is 12.0. The number of benzene rings is 2. The number of carbonyl (C=O) groups is 1. The van der Waals surface area contributed by atoms with E-state index in [0.717, 1.165) is 31.4 Å². The van der Waals surface area contributed by atoms with Crippen LogP contribution in [0.5, 0.6) is 0 Å². The van der Waals surface area contributed by atoms with Gasteiger partial charge in [0.2, 0.25) is 0 Å². The zero-order valence-corrected chi connectivity index (χ0v) is 19.8. The Bertz CT molecular complexity index is 1300. The number of nitrogens with zero attached hydrogens (tertiary/aromatic N) is 2. The van der Waals surface area contributed by atoms with Gasteiger partial charge in [0.1, 0.15) is 11.4 Å². The van der Waals surface area contributed by atoms with Crippen molar-refractivity contribution in [3.63, 3.8) is 0 Å². The minimum Gasteiger partial charge on any atom is -0.382 e. The molecule has 3 N–H and O–H groups in total. The van der Waals surface area contributed by atoms with Crippen molar-refractivity contribution in [2.45, 2.75) is 63.4 Å². The lowest BCUT2D eigenvalue weighted by atomic mass is 9.52. The van der Waals surface area contributed by atoms with Gasteiger partial charge < -0.3 is 10.8 Å². The number of hydrogen-bond acceptors (Lipinski definition) is 4. The molecule has 1 fully saturated rings. The van der Waals surface area contributed by atoms with E-state index in [2.05, 4.69) is 47.3 Å². The normalized spacial score (nSPS) is 25.6. The predicted molar refractivity (Wildman–Crippen MR) is 133 cm³/mol. The third-order valence-electron chi connectivity index (χ3n) is 7.82. The average molecular weight is 454 g/mol. The van der Waals surface area contributed by atoms with Crippen LogP contribution in [-0.2, 0) is 18.3 Å². The van der Waals surface area contributed by atoms with Gasteiger partial charge in [-0.05, 0) is 87.1 Å². The number of aromatic nitrogens is 2. The summed E-state index contributed by atoms with van der Waals surface area (Å²) in [6.45, 7) is 3.63. The number of nitrogen functional groups attached to an aromatic ring is 1. The first-order valence-corrected chi connectivity index (χ1v) is 12.0. The van der Waals surface area contributed by atoms with Gasteiger partial charge in [0.25, 0.3) is 5.91 Å². The molecule has 0 aliphatic heterocycles. The quantitative estimate of drug-likeness (QED) is 0.575. The van der Waals surface area contributed by atoms with E-state index in [1.54, 1.807) is 13.0 Å². The van der Waals surface area contributed by atoms with Crippen molar-refractivity contribution in [1.29, 1.82) is 0 Å². The molecule has 5 heteroatoms. The zero-order chi connectivity index (χ0) is 23.9. The molecule has 2 aliphatic carbocycles. The number of carbonyl (C=O) groups excluding carboxylic acids is 1. The number of anilines is 1. The van der Waals surface area contributed by atoms with E-state index in [1.165, 1.54) is 21.4 Å². The van der Waals surface area contributed by atoms with Gasteiger partial charge in [-0.3, -0.25) is 4.79 Å². The minimum atomic E-state index is -0.912. The highest BCUT2D eigenvalue weighted by Gasteiger charge is 2.51. The van der Waals surface area contributed by atoms with Crippen LogP contribution in [0.1, 0.15) is 65.3 Å². The van der Waals surface area contributed by atoms with Crippen molar-refractivity contribution in [3.05, 3.63) is 82.5 Å². The minimum absolute atomic E-state index is 0.0792. The summed E-state index contributed by atoms with van der Waals surface area (Å²) in [5.41, 5.74) is 10.00. The summed E-state index contributed by atoms with van der Waals surface area (Å²) in [5, 5.41) is 15.3. The molecular formula is C29H31N3O2. The Hall–Kier alpha value is -3.36. The maximum Gasteiger partial charge on any atom is 0.278 e. The summed E-state index contributed by atoms with van der Waals surface area (Å²) >= 11 is 0. The molecule has 2 aromatic carbocycles. The Morgan fingerprint density at radius 2 is 2.00 bits per heavy atom. The molecule has 1 heterocycles. The molecule has 1 aromatic heterocycles. The van der Waals surface area contributed by atoms with Crippen LogP contribution in [0.25, 0.3) is 0 Å². The number of aliphatic hydroxyl groups is 1. The highest BCUT2D eigenvalue weighted by Crippen LogP contribution is 2.54. The van der Waals surface area contributed by atoms with Crippen molar-refractivity contribution >= 4 is 11.7 Å². The van der Waals surface area contributed by atoms with Gasteiger partial charge in [0.05, 0.1) is 0 Å². The number of aryl methyl sites for hydroxylation is 2. The Morgan fingerprint density at radius 1 is 1.21 bits per heavy atom. The number of nitrogens with two attached hydrogens (primary N) is 1. The Labute approximate surface area is 201 Å². The van der Waals surface area contributed by atoms with Crippen LogP contribution < -0.4 is 5.73 Å². The highest BCUT2D eigenvalue weighted by molar-refractivity contribution is 5.96. The van der Waals surface area contributed by atoms with Gasteiger partial charge >= 0.3 is 0 Å². The second kappa shape index (κ2) is 8.45. The highest BCUT2D eigenvalue weighted by atomic mass is 16.3. The van der Waals surface area contributed by atoms with Crippen LogP contribution >= 0.6 is 0 Å². The van der Waals surface area contributed by atoms with Crippen LogP contribution in [0.3, 0.4) is 0 Å². The van der Waals surface area contributed by atoms with Gasteiger partial charge in [-0.2, -0.15) is 4.68 Å². The Kier molecular flexibility index (Phi) is 5.58. The second-order valence-electron chi connectivity index (χ2n) is 9.96. The summed E-state index contributed by atoms with van der Waals surface area (Å²) < 4.78 is 1.38.